The van der Waals surface area contributed by atoms with Crippen molar-refractivity contribution in [3.8, 4) is 0 Å². The van der Waals surface area contributed by atoms with E-state index in [4.69, 9.17) is 5.73 Å². The summed E-state index contributed by atoms with van der Waals surface area (Å²) >= 11 is 0. The number of amides is 1. The minimum atomic E-state index is -0.0802. The van der Waals surface area contributed by atoms with Gasteiger partial charge in [0, 0.05) is 43.3 Å². The highest BCUT2D eigenvalue weighted by Gasteiger charge is 2.19. The van der Waals surface area contributed by atoms with Crippen LogP contribution in [-0.2, 0) is 0 Å². The standard InChI is InChI=1S/C16H24N4O/c1-12(2)15-18-9-3-11-20(15)14-6-4-13(5-7-14)16(21)19-10-8-17/h4-7,12H,3,8-11,17H2,1-2H3,(H,19,21). The summed E-state index contributed by atoms with van der Waals surface area (Å²) < 4.78 is 0. The molecule has 21 heavy (non-hydrogen) atoms. The van der Waals surface area contributed by atoms with Gasteiger partial charge < -0.3 is 16.0 Å². The van der Waals surface area contributed by atoms with Crippen LogP contribution in [0.2, 0.25) is 0 Å². The van der Waals surface area contributed by atoms with Crippen LogP contribution in [0.15, 0.2) is 29.3 Å². The lowest BCUT2D eigenvalue weighted by molar-refractivity contribution is 0.0955. The minimum Gasteiger partial charge on any atom is -0.351 e. The van der Waals surface area contributed by atoms with E-state index in [1.807, 2.05) is 24.3 Å². The Bertz CT molecular complexity index is 508. The first-order valence-electron chi connectivity index (χ1n) is 7.53. The molecule has 0 spiro atoms. The summed E-state index contributed by atoms with van der Waals surface area (Å²) in [5, 5.41) is 2.77. The molecule has 1 aliphatic rings. The smallest absolute Gasteiger partial charge is 0.251 e. The van der Waals surface area contributed by atoms with Crippen LogP contribution in [-0.4, -0.2) is 37.9 Å². The normalized spacial score (nSPS) is 15.0. The maximum Gasteiger partial charge on any atom is 0.251 e. The fourth-order valence-electron chi connectivity index (χ4n) is 2.46. The number of nitrogens with zero attached hydrogens (tertiary/aromatic N) is 2. The number of nitrogens with one attached hydrogen (secondary N) is 1. The van der Waals surface area contributed by atoms with Crippen LogP contribution in [0.1, 0.15) is 30.6 Å². The molecule has 3 N–H and O–H groups in total. The quantitative estimate of drug-likeness (QED) is 0.865. The van der Waals surface area contributed by atoms with E-state index < -0.39 is 0 Å². The van der Waals surface area contributed by atoms with E-state index in [1.165, 1.54) is 0 Å². The Morgan fingerprint density at radius 3 is 2.71 bits per heavy atom. The lowest BCUT2D eigenvalue weighted by Crippen LogP contribution is -2.38. The minimum absolute atomic E-state index is 0.0802. The second kappa shape index (κ2) is 7.22. The lowest BCUT2D eigenvalue weighted by atomic mass is 10.1. The van der Waals surface area contributed by atoms with Crippen molar-refractivity contribution in [1.82, 2.24) is 5.32 Å². The molecular formula is C16H24N4O. The Morgan fingerprint density at radius 1 is 1.38 bits per heavy atom. The molecule has 5 heteroatoms. The van der Waals surface area contributed by atoms with Crippen molar-refractivity contribution in [3.05, 3.63) is 29.8 Å². The Hall–Kier alpha value is -1.88. The van der Waals surface area contributed by atoms with Gasteiger partial charge in [-0.15, -0.1) is 0 Å². The summed E-state index contributed by atoms with van der Waals surface area (Å²) in [6, 6.07) is 7.68. The molecular weight excluding hydrogens is 264 g/mol. The van der Waals surface area contributed by atoms with Crippen LogP contribution in [0, 0.1) is 5.92 Å². The summed E-state index contributed by atoms with van der Waals surface area (Å²) in [5.74, 6) is 1.45. The summed E-state index contributed by atoms with van der Waals surface area (Å²) in [6.07, 6.45) is 1.06. The summed E-state index contributed by atoms with van der Waals surface area (Å²) in [7, 11) is 0. The number of aliphatic imine (C=N–C) groups is 1. The van der Waals surface area contributed by atoms with Crippen molar-refractivity contribution in [2.75, 3.05) is 31.1 Å². The van der Waals surface area contributed by atoms with Crippen molar-refractivity contribution in [3.63, 3.8) is 0 Å². The summed E-state index contributed by atoms with van der Waals surface area (Å²) in [4.78, 5) is 18.7. The van der Waals surface area contributed by atoms with Gasteiger partial charge in [-0.05, 0) is 30.7 Å². The van der Waals surface area contributed by atoms with Crippen LogP contribution >= 0.6 is 0 Å². The average molecular weight is 288 g/mol. The number of hydrogen-bond donors (Lipinski definition) is 2. The molecule has 0 saturated carbocycles. The number of benzene rings is 1. The molecule has 0 radical (unpaired) electrons. The van der Waals surface area contributed by atoms with Gasteiger partial charge in [-0.2, -0.15) is 0 Å². The molecule has 1 aromatic rings. The first-order valence-corrected chi connectivity index (χ1v) is 7.53. The van der Waals surface area contributed by atoms with Gasteiger partial charge in [0.05, 0.1) is 0 Å². The van der Waals surface area contributed by atoms with Gasteiger partial charge >= 0.3 is 0 Å². The highest BCUT2D eigenvalue weighted by molar-refractivity contribution is 6.00. The van der Waals surface area contributed by atoms with Gasteiger partial charge in [0.15, 0.2) is 0 Å². The number of carbonyl (C=O) groups is 1. The molecule has 2 rings (SSSR count). The monoisotopic (exact) mass is 288 g/mol. The third-order valence-electron chi connectivity index (χ3n) is 3.48. The van der Waals surface area contributed by atoms with Gasteiger partial charge in [0.1, 0.15) is 5.84 Å². The fraction of sp³-hybridized carbons (Fsp3) is 0.500. The number of anilines is 1. The molecule has 0 aliphatic carbocycles. The van der Waals surface area contributed by atoms with Crippen LogP contribution in [0.3, 0.4) is 0 Å². The van der Waals surface area contributed by atoms with Crippen LogP contribution in [0.5, 0.6) is 0 Å². The maximum absolute atomic E-state index is 11.9. The molecule has 0 fully saturated rings. The molecule has 0 bridgehead atoms. The molecule has 0 unspecified atom stereocenters. The van der Waals surface area contributed by atoms with E-state index in [0.29, 0.717) is 24.6 Å². The molecule has 0 saturated heterocycles. The largest absolute Gasteiger partial charge is 0.351 e. The molecule has 0 aromatic heterocycles. The van der Waals surface area contributed by atoms with Gasteiger partial charge in [-0.1, -0.05) is 13.8 Å². The van der Waals surface area contributed by atoms with Crippen molar-refractivity contribution >= 4 is 17.4 Å². The highest BCUT2D eigenvalue weighted by Crippen LogP contribution is 2.21. The van der Waals surface area contributed by atoms with E-state index in [-0.39, 0.29) is 5.91 Å². The fourth-order valence-corrected chi connectivity index (χ4v) is 2.46. The Balaban J connectivity index is 2.13. The Morgan fingerprint density at radius 2 is 2.10 bits per heavy atom. The molecule has 1 aliphatic heterocycles. The third-order valence-corrected chi connectivity index (χ3v) is 3.48. The maximum atomic E-state index is 11.9. The zero-order valence-electron chi connectivity index (χ0n) is 12.8. The van der Waals surface area contributed by atoms with Crippen LogP contribution in [0.25, 0.3) is 0 Å². The number of rotatable bonds is 5. The molecule has 0 atom stereocenters. The van der Waals surface area contributed by atoms with Crippen molar-refractivity contribution < 1.29 is 4.79 Å². The van der Waals surface area contributed by atoms with Crippen LogP contribution in [0.4, 0.5) is 5.69 Å². The zero-order chi connectivity index (χ0) is 15.2. The molecule has 5 nitrogen and oxygen atoms in total. The highest BCUT2D eigenvalue weighted by atomic mass is 16.1. The molecule has 1 amide bonds. The van der Waals surface area contributed by atoms with Crippen molar-refractivity contribution in [2.24, 2.45) is 16.6 Å². The van der Waals surface area contributed by atoms with E-state index >= 15 is 0 Å². The van der Waals surface area contributed by atoms with Crippen molar-refractivity contribution in [2.45, 2.75) is 20.3 Å². The van der Waals surface area contributed by atoms with E-state index in [2.05, 4.69) is 29.1 Å². The molecule has 1 aromatic carbocycles. The summed E-state index contributed by atoms with van der Waals surface area (Å²) in [5.41, 5.74) is 7.14. The van der Waals surface area contributed by atoms with Gasteiger partial charge in [-0.25, -0.2) is 0 Å². The van der Waals surface area contributed by atoms with Gasteiger partial charge in [0.2, 0.25) is 0 Å². The lowest BCUT2D eigenvalue weighted by Gasteiger charge is -2.31. The Labute approximate surface area is 126 Å². The average Bonchev–Trinajstić information content (AvgIpc) is 2.52. The van der Waals surface area contributed by atoms with Crippen LogP contribution < -0.4 is 16.0 Å². The first-order chi connectivity index (χ1) is 10.1. The summed E-state index contributed by atoms with van der Waals surface area (Å²) in [6.45, 7) is 7.15. The third kappa shape index (κ3) is 3.82. The number of amidine groups is 1. The predicted molar refractivity (Wildman–Crippen MR) is 86.9 cm³/mol. The van der Waals surface area contributed by atoms with E-state index in [0.717, 1.165) is 31.0 Å². The zero-order valence-corrected chi connectivity index (χ0v) is 12.8. The number of nitrogens with two attached hydrogens (primary N) is 1. The van der Waals surface area contributed by atoms with E-state index in [9.17, 15) is 4.79 Å². The van der Waals surface area contributed by atoms with E-state index in [1.54, 1.807) is 0 Å². The number of hydrogen-bond acceptors (Lipinski definition) is 4. The van der Waals surface area contributed by atoms with Gasteiger partial charge in [0.25, 0.3) is 5.91 Å². The first kappa shape index (κ1) is 15.5. The second-order valence-electron chi connectivity index (χ2n) is 5.49. The topological polar surface area (TPSA) is 70.7 Å². The second-order valence-corrected chi connectivity index (χ2v) is 5.49. The Kier molecular flexibility index (Phi) is 5.33. The van der Waals surface area contributed by atoms with Crippen molar-refractivity contribution in [1.29, 1.82) is 0 Å². The molecule has 1 heterocycles. The SMILES string of the molecule is CC(C)C1=NCCCN1c1ccc(C(=O)NCCN)cc1. The predicted octanol–water partition coefficient (Wildman–Crippen LogP) is 1.64. The van der Waals surface area contributed by atoms with Gasteiger partial charge in [-0.3, -0.25) is 9.79 Å². The molecule has 114 valence electrons. The number of carbonyl (C=O) groups excluding carboxylic acids is 1.